The van der Waals surface area contributed by atoms with Crippen LogP contribution in [0.2, 0.25) is 20.1 Å². The van der Waals surface area contributed by atoms with E-state index in [-0.39, 0.29) is 69.1 Å². The van der Waals surface area contributed by atoms with Gasteiger partial charge in [0.2, 0.25) is 0 Å². The first kappa shape index (κ1) is 67.2. The van der Waals surface area contributed by atoms with Gasteiger partial charge in [-0.25, -0.2) is 8.78 Å². The number of anilines is 4. The fraction of sp³-hybridized carbons (Fsp3) is 0.159. The second kappa shape index (κ2) is 32.7. The number of ether oxygens (including phenoxy) is 2. The molecule has 2 amide bonds. The normalized spacial score (nSPS) is 10.8. The molecule has 0 spiro atoms. The van der Waals surface area contributed by atoms with Crippen LogP contribution in [-0.2, 0) is 10.4 Å². The first-order valence-electron chi connectivity index (χ1n) is 21.1. The van der Waals surface area contributed by atoms with Gasteiger partial charge in [0.15, 0.2) is 23.0 Å². The second-order valence-electron chi connectivity index (χ2n) is 14.5. The van der Waals surface area contributed by atoms with Gasteiger partial charge in [-0.2, -0.15) is 39.0 Å². The van der Waals surface area contributed by atoms with Gasteiger partial charge >= 0.3 is 16.1 Å². The van der Waals surface area contributed by atoms with Crippen LogP contribution >= 0.6 is 46.4 Å². The third-order valence-electron chi connectivity index (χ3n) is 8.89. The Hall–Kier alpha value is -8.92. The zero-order valence-electron chi connectivity index (χ0n) is 39.9. The van der Waals surface area contributed by atoms with E-state index in [1.807, 2.05) is 6.07 Å². The van der Waals surface area contributed by atoms with Gasteiger partial charge in [0, 0.05) is 64.3 Å². The minimum absolute atomic E-state index is 0. The quantitative estimate of drug-likeness (QED) is 0.0248. The summed E-state index contributed by atoms with van der Waals surface area (Å²) in [6.07, 6.45) is 13.5. The lowest BCUT2D eigenvalue weighted by molar-refractivity contribution is -0.384. The van der Waals surface area contributed by atoms with Crippen molar-refractivity contribution in [3.05, 3.63) is 174 Å². The largest absolute Gasteiger partial charge is 0.484 e. The number of nitrogens with one attached hydrogen (secondary N) is 7. The van der Waals surface area contributed by atoms with Crippen LogP contribution in [0.4, 0.5) is 37.3 Å². The number of benzene rings is 2. The Balaban J connectivity index is 0.000000380. The molecule has 9 aromatic rings. The van der Waals surface area contributed by atoms with Gasteiger partial charge in [0.1, 0.15) is 41.5 Å². The maximum atomic E-state index is 13.8. The average molecular weight is 1220 g/mol. The molecule has 2 aromatic carbocycles. The average Bonchev–Trinajstić information content (AvgIpc) is 4.25. The van der Waals surface area contributed by atoms with Crippen molar-refractivity contribution < 1.29 is 50.3 Å². The van der Waals surface area contributed by atoms with Gasteiger partial charge in [-0.15, -0.1) is 15.3 Å². The summed E-state index contributed by atoms with van der Waals surface area (Å²) in [7, 11) is -4.67. The van der Waals surface area contributed by atoms with Gasteiger partial charge in [0.25, 0.3) is 11.8 Å². The number of aryl methyl sites for hydroxylation is 1. The summed E-state index contributed by atoms with van der Waals surface area (Å²) in [5, 5.41) is 61.1. The molecule has 2 atom stereocenters. The van der Waals surface area contributed by atoms with Crippen molar-refractivity contribution in [2.75, 3.05) is 22.1 Å². The van der Waals surface area contributed by atoms with E-state index in [9.17, 15) is 28.5 Å². The van der Waals surface area contributed by atoms with Crippen LogP contribution in [0.1, 0.15) is 78.7 Å². The van der Waals surface area contributed by atoms with Crippen molar-refractivity contribution in [3.8, 4) is 11.5 Å². The number of nitrogens with two attached hydrogens (primary N) is 2. The topological polar surface area (TPSA) is 441 Å². The fourth-order valence-electron chi connectivity index (χ4n) is 5.43. The van der Waals surface area contributed by atoms with Crippen LogP contribution in [0, 0.1) is 28.7 Å². The molecule has 0 fully saturated rings. The summed E-state index contributed by atoms with van der Waals surface area (Å²) in [4.78, 5) is 33.8. The fourth-order valence-corrected chi connectivity index (χ4v) is 6.79. The molecule has 29 nitrogen and oxygen atoms in total. The Morgan fingerprint density at radius 2 is 1.14 bits per heavy atom. The lowest BCUT2D eigenvalue weighted by atomic mass is 10.1. The molecule has 0 saturated heterocycles. The molecule has 80 heavy (non-hydrogen) atoms. The van der Waals surface area contributed by atoms with Gasteiger partial charge in [-0.1, -0.05) is 61.3 Å². The summed E-state index contributed by atoms with van der Waals surface area (Å²) in [6.45, 7) is 4.94. The van der Waals surface area contributed by atoms with Crippen LogP contribution in [-0.4, -0.2) is 106 Å². The van der Waals surface area contributed by atoms with Gasteiger partial charge in [-0.05, 0) is 51.1 Å². The predicted molar refractivity (Wildman–Crippen MR) is 292 cm³/mol. The molecule has 36 heteroatoms. The van der Waals surface area contributed by atoms with E-state index in [2.05, 4.69) is 82.0 Å². The molecular weight excluding hydrogens is 1170 g/mol. The smallest absolute Gasteiger partial charge is 0.394 e. The molecule has 9 rings (SSSR count). The lowest BCUT2D eigenvalue weighted by Gasteiger charge is -2.19. The van der Waals surface area contributed by atoms with Gasteiger partial charge < -0.3 is 31.6 Å². The van der Waals surface area contributed by atoms with Crippen LogP contribution in [0.3, 0.4) is 0 Å². The molecule has 0 saturated carbocycles. The number of hydrogen-bond donors (Lipinski definition) is 11. The number of halogens is 6. The van der Waals surface area contributed by atoms with Gasteiger partial charge in [-0.3, -0.25) is 54.3 Å². The number of amides is 2. The number of carbonyl (C=O) groups excluding carboxylic acids is 2. The summed E-state index contributed by atoms with van der Waals surface area (Å²) in [5.41, 5.74) is 13.6. The molecule has 0 aliphatic rings. The number of nitrogens with zero attached hydrogens (tertiary/aromatic N) is 10. The van der Waals surface area contributed by atoms with Crippen LogP contribution in [0.25, 0.3) is 0 Å². The highest BCUT2D eigenvalue weighted by molar-refractivity contribution is 7.79. The van der Waals surface area contributed by atoms with Crippen molar-refractivity contribution in [2.45, 2.75) is 47.8 Å². The Bertz CT molecular complexity index is 3250. The van der Waals surface area contributed by atoms with E-state index in [1.54, 1.807) is 45.6 Å². The summed E-state index contributed by atoms with van der Waals surface area (Å²) in [6, 6.07) is 9.69. The van der Waals surface area contributed by atoms with Crippen molar-refractivity contribution in [1.82, 2.24) is 71.4 Å². The maximum absolute atomic E-state index is 13.8. The van der Waals surface area contributed by atoms with E-state index in [0.717, 1.165) is 12.3 Å². The summed E-state index contributed by atoms with van der Waals surface area (Å²) in [5.74, 6) is -1.93. The first-order chi connectivity index (χ1) is 36.9. The van der Waals surface area contributed by atoms with Gasteiger partial charge in [0.05, 0.1) is 56.8 Å². The number of nitro groups is 1. The maximum Gasteiger partial charge on any atom is 0.394 e. The van der Waals surface area contributed by atoms with E-state index in [0.29, 0.717) is 34.1 Å². The molecule has 13 N–H and O–H groups in total. The zero-order valence-corrected chi connectivity index (χ0v) is 43.8. The Kier molecular flexibility index (Phi) is 27.5. The minimum Gasteiger partial charge on any atom is -0.484 e. The van der Waals surface area contributed by atoms with Crippen molar-refractivity contribution in [1.29, 1.82) is 0 Å². The highest BCUT2D eigenvalue weighted by Crippen LogP contribution is 2.37. The number of aromatic amines is 5. The Morgan fingerprint density at radius 3 is 1.50 bits per heavy atom. The second-order valence-corrected chi connectivity index (χ2v) is 17.0. The number of rotatable bonds is 11. The summed E-state index contributed by atoms with van der Waals surface area (Å²) >= 11 is 24.2. The minimum atomic E-state index is -4.67. The number of carbonyl (C=O) groups is 2. The molecule has 0 radical (unpaired) electrons. The molecule has 2 unspecified atom stereocenters. The monoisotopic (exact) mass is 1210 g/mol. The molecular formula is C44H49Cl4F2N19O10S. The third kappa shape index (κ3) is 22.2. The number of H-pyrrole nitrogens is 5. The molecule has 0 aliphatic carbocycles. The van der Waals surface area contributed by atoms with E-state index in [4.69, 9.17) is 84.9 Å². The number of aromatic nitrogens is 14. The number of nitrogen functional groups attached to an aromatic ring is 2. The molecule has 0 aliphatic heterocycles. The Morgan fingerprint density at radius 1 is 0.688 bits per heavy atom. The predicted octanol–water partition coefficient (Wildman–Crippen LogP) is 9.31. The molecule has 7 aromatic heterocycles. The SMILES string of the molecule is C.C.CC(Oc1cc(C(=O)Nc2cn[nH]c2)nnc1N)c1c(Cl)ccc(F)c1Cl.Cc1nnc(C(=O)Nc2cn[nH]c2)cc1OC(C)c1c(Cl)ccc(F)c1Cl.Nc1cn[nH]c1.O=S(=O)(O)O.O=[N+]([O-])c1cn[nH]c1.c1cn[nH]c1. The lowest BCUT2D eigenvalue weighted by Crippen LogP contribution is -2.16. The van der Waals surface area contributed by atoms with Crippen molar-refractivity contribution in [2.24, 2.45) is 0 Å². The van der Waals surface area contributed by atoms with Crippen molar-refractivity contribution in [3.63, 3.8) is 0 Å². The van der Waals surface area contributed by atoms with Crippen LogP contribution in [0.5, 0.6) is 11.5 Å². The molecule has 428 valence electrons. The standard InChI is InChI=1S/C17H14Cl2FN5O2.C16H13Cl2FN6O2.C3H3N3O2.C3H5N3.C3H4N2.2CH4.H2O4S/c1-8-14(27-9(2)15-11(18)3-4-12(20)16(15)19)5-13(25-24-8)17(26)23-10-6-21-22-7-10;1-7(13-9(17)2-3-10(19)14(13)18)27-12-4-11(24-25-15(12)20)16(26)23-8-5-21-22-6-8;7-6(8)3-1-4-5-2-3;4-3-1-5-6-2-3;1-2-4-5-3-1;;;1-5(2,3)4/h3-7,9H,1-2H3,(H,21,22)(H,23,26);2-7H,1H3,(H2,20,25)(H,21,22)(H,23,26);1-2H,(H,4,5);1-2H,4H2,(H,5,6);1-3H,(H,4,5);2*1H4;(H2,1,2,3,4). The van der Waals surface area contributed by atoms with Crippen LogP contribution in [0.15, 0.2) is 104 Å². The molecule has 7 heterocycles. The van der Waals surface area contributed by atoms with Crippen LogP contribution < -0.4 is 31.6 Å². The van der Waals surface area contributed by atoms with Crippen molar-refractivity contribution >= 4 is 97.2 Å². The molecule has 0 bridgehead atoms. The zero-order chi connectivity index (χ0) is 57.5. The summed E-state index contributed by atoms with van der Waals surface area (Å²) < 4.78 is 70.6. The van der Waals surface area contributed by atoms with E-state index < -0.39 is 51.0 Å². The first-order valence-corrected chi connectivity index (χ1v) is 24.0. The Labute approximate surface area is 472 Å². The number of hydrogen-bond acceptors (Lipinski definition) is 19. The van der Waals surface area contributed by atoms with E-state index >= 15 is 0 Å². The van der Waals surface area contributed by atoms with E-state index in [1.165, 1.54) is 61.3 Å². The third-order valence-corrected chi connectivity index (χ3v) is 10.3. The highest BCUT2D eigenvalue weighted by Gasteiger charge is 2.23. The highest BCUT2D eigenvalue weighted by atomic mass is 35.5.